The van der Waals surface area contributed by atoms with E-state index >= 15 is 9.59 Å². The van der Waals surface area contributed by atoms with Crippen LogP contribution < -0.4 is 10.0 Å². The molecule has 2 aliphatic heterocycles. The van der Waals surface area contributed by atoms with Gasteiger partial charge in [-0.2, -0.15) is 46.6 Å². The predicted molar refractivity (Wildman–Crippen MR) is 169 cm³/mol. The third-order valence-corrected chi connectivity index (χ3v) is 9.08. The van der Waals surface area contributed by atoms with Gasteiger partial charge in [-0.15, -0.1) is 0 Å². The highest BCUT2D eigenvalue weighted by atomic mass is 19.4. The highest BCUT2D eigenvalue weighted by Crippen LogP contribution is 2.55. The van der Waals surface area contributed by atoms with E-state index in [4.69, 9.17) is 0 Å². The molecule has 0 saturated heterocycles. The molecule has 0 saturated carbocycles. The van der Waals surface area contributed by atoms with Gasteiger partial charge in [-0.25, -0.2) is 0 Å². The number of hydrazone groups is 2. The average Bonchev–Trinajstić information content (AvgIpc) is 3.46. The molecule has 0 aromatic heterocycles. The molecule has 6 nitrogen and oxygen atoms in total. The predicted octanol–water partition coefficient (Wildman–Crippen LogP) is 8.33. The molecule has 4 aromatic carbocycles. The van der Waals surface area contributed by atoms with Gasteiger partial charge in [-0.05, 0) is 86.3 Å². The van der Waals surface area contributed by atoms with Crippen LogP contribution in [0.3, 0.4) is 0 Å². The molecule has 0 fully saturated rings. The third kappa shape index (κ3) is 5.34. The Kier molecular flexibility index (Phi) is 8.01. The van der Waals surface area contributed by atoms with E-state index in [0.29, 0.717) is 22.5 Å². The Balaban J connectivity index is 1.58. The van der Waals surface area contributed by atoms with Crippen LogP contribution in [0.1, 0.15) is 36.1 Å². The van der Waals surface area contributed by atoms with Crippen molar-refractivity contribution in [2.24, 2.45) is 21.0 Å². The number of alkyl halides is 6. The lowest BCUT2D eigenvalue weighted by Gasteiger charge is -2.44. The fourth-order valence-corrected chi connectivity index (χ4v) is 6.65. The van der Waals surface area contributed by atoms with Crippen molar-refractivity contribution in [1.82, 2.24) is 0 Å². The van der Waals surface area contributed by atoms with Crippen LogP contribution in [0.15, 0.2) is 119 Å². The molecule has 0 radical (unpaired) electrons. The molecular weight excluding hydrogens is 634 g/mol. The summed E-state index contributed by atoms with van der Waals surface area (Å²) >= 11 is 0. The molecule has 2 unspecified atom stereocenters. The summed E-state index contributed by atoms with van der Waals surface area (Å²) in [5.41, 5.74) is -3.71. The van der Waals surface area contributed by atoms with Gasteiger partial charge >= 0.3 is 12.4 Å². The highest BCUT2D eigenvalue weighted by molar-refractivity contribution is 6.30. The van der Waals surface area contributed by atoms with E-state index in [0.717, 1.165) is 24.3 Å². The standard InChI is InChI=1S/C36H28F6N4O2/c1-23-33(21-25-13-17-27(18-14-25)35(37,38)39,31(47)45(43-23)29-9-5-3-6-10-29)34(22-26-15-19-28(20-16-26)36(40,41)42)24(2)44-46(32(34)48)30-11-7-4-8-12-30/h3-20H,21-22H2,1-2H3. The lowest BCUT2D eigenvalue weighted by Crippen LogP contribution is -2.61. The zero-order valence-corrected chi connectivity index (χ0v) is 25.7. The number of anilines is 2. The number of hydrogen-bond acceptors (Lipinski definition) is 4. The molecule has 12 heteroatoms. The first kappa shape index (κ1) is 32.7. The second kappa shape index (κ2) is 11.8. The number of carbonyl (C=O) groups is 2. The molecule has 246 valence electrons. The molecule has 2 atom stereocenters. The maximum atomic E-state index is 15.0. The Morgan fingerprint density at radius 3 is 1.12 bits per heavy atom. The first-order valence-electron chi connectivity index (χ1n) is 14.9. The summed E-state index contributed by atoms with van der Waals surface area (Å²) in [6.07, 6.45) is -9.73. The van der Waals surface area contributed by atoms with Gasteiger partial charge in [0.25, 0.3) is 11.8 Å². The van der Waals surface area contributed by atoms with Crippen LogP contribution in [0, 0.1) is 10.8 Å². The zero-order valence-electron chi connectivity index (χ0n) is 25.7. The van der Waals surface area contributed by atoms with Crippen LogP contribution in [0.5, 0.6) is 0 Å². The summed E-state index contributed by atoms with van der Waals surface area (Å²) < 4.78 is 81.0. The van der Waals surface area contributed by atoms with Crippen molar-refractivity contribution in [2.45, 2.75) is 39.0 Å². The van der Waals surface area contributed by atoms with Crippen molar-refractivity contribution in [3.05, 3.63) is 131 Å². The minimum Gasteiger partial charge on any atom is -0.271 e. The van der Waals surface area contributed by atoms with Gasteiger partial charge in [0.2, 0.25) is 0 Å². The van der Waals surface area contributed by atoms with Gasteiger partial charge in [0.05, 0.1) is 33.9 Å². The van der Waals surface area contributed by atoms with Crippen molar-refractivity contribution in [3.8, 4) is 0 Å². The molecule has 0 N–H and O–H groups in total. The summed E-state index contributed by atoms with van der Waals surface area (Å²) in [6, 6.07) is 25.5. The summed E-state index contributed by atoms with van der Waals surface area (Å²) in [4.78, 5) is 30.1. The zero-order chi connectivity index (χ0) is 34.5. The minimum absolute atomic E-state index is 0.195. The topological polar surface area (TPSA) is 65.3 Å². The highest BCUT2D eigenvalue weighted by Gasteiger charge is 2.70. The second-order valence-electron chi connectivity index (χ2n) is 11.8. The van der Waals surface area contributed by atoms with Crippen molar-refractivity contribution in [3.63, 3.8) is 0 Å². The van der Waals surface area contributed by atoms with Gasteiger partial charge in [0, 0.05) is 0 Å². The lowest BCUT2D eigenvalue weighted by atomic mass is 9.54. The van der Waals surface area contributed by atoms with E-state index in [-0.39, 0.29) is 24.3 Å². The molecule has 48 heavy (non-hydrogen) atoms. The van der Waals surface area contributed by atoms with Crippen LogP contribution in [0.4, 0.5) is 37.7 Å². The Hall–Kier alpha value is -5.26. The maximum absolute atomic E-state index is 15.0. The van der Waals surface area contributed by atoms with E-state index in [1.165, 1.54) is 34.3 Å². The van der Waals surface area contributed by atoms with Crippen LogP contribution in [0.25, 0.3) is 0 Å². The molecule has 6 rings (SSSR count). The third-order valence-electron chi connectivity index (χ3n) is 9.08. The molecule has 2 aliphatic rings. The maximum Gasteiger partial charge on any atom is 0.416 e. The Morgan fingerprint density at radius 2 is 0.833 bits per heavy atom. The smallest absolute Gasteiger partial charge is 0.271 e. The fourth-order valence-electron chi connectivity index (χ4n) is 6.65. The first-order chi connectivity index (χ1) is 22.7. The van der Waals surface area contributed by atoms with Gasteiger partial charge in [0.1, 0.15) is 10.8 Å². The molecule has 4 aromatic rings. The largest absolute Gasteiger partial charge is 0.416 e. The van der Waals surface area contributed by atoms with Gasteiger partial charge in [-0.3, -0.25) is 9.59 Å². The van der Waals surface area contributed by atoms with Gasteiger partial charge < -0.3 is 0 Å². The van der Waals surface area contributed by atoms with Crippen molar-refractivity contribution < 1.29 is 35.9 Å². The van der Waals surface area contributed by atoms with Crippen LogP contribution in [0.2, 0.25) is 0 Å². The number of halogens is 6. The van der Waals surface area contributed by atoms with E-state index in [1.807, 2.05) is 0 Å². The van der Waals surface area contributed by atoms with E-state index in [9.17, 15) is 26.3 Å². The normalized spacial score (nSPS) is 21.5. The summed E-state index contributed by atoms with van der Waals surface area (Å²) in [5, 5.41) is 11.6. The number of para-hydroxylation sites is 2. The van der Waals surface area contributed by atoms with E-state index in [1.54, 1.807) is 74.5 Å². The van der Waals surface area contributed by atoms with Crippen molar-refractivity contribution in [2.75, 3.05) is 10.0 Å². The van der Waals surface area contributed by atoms with Crippen molar-refractivity contribution >= 4 is 34.6 Å². The first-order valence-corrected chi connectivity index (χ1v) is 14.9. The van der Waals surface area contributed by atoms with E-state index in [2.05, 4.69) is 10.2 Å². The molecule has 0 spiro atoms. The van der Waals surface area contributed by atoms with Crippen molar-refractivity contribution in [1.29, 1.82) is 0 Å². The number of carbonyl (C=O) groups excluding carboxylic acids is 2. The van der Waals surface area contributed by atoms with Crippen LogP contribution in [-0.2, 0) is 34.8 Å². The Bertz CT molecular complexity index is 1770. The number of hydrogen-bond donors (Lipinski definition) is 0. The second-order valence-corrected chi connectivity index (χ2v) is 11.8. The molecule has 2 heterocycles. The quantitative estimate of drug-likeness (QED) is 0.187. The number of amides is 2. The molecular formula is C36H28F6N4O2. The van der Waals surface area contributed by atoms with Gasteiger partial charge in [0.15, 0.2) is 0 Å². The van der Waals surface area contributed by atoms with E-state index < -0.39 is 46.1 Å². The van der Waals surface area contributed by atoms with Gasteiger partial charge in [-0.1, -0.05) is 60.7 Å². The average molecular weight is 663 g/mol. The summed E-state index contributed by atoms with van der Waals surface area (Å²) in [5.74, 6) is -1.26. The minimum atomic E-state index is -4.61. The van der Waals surface area contributed by atoms with Crippen LogP contribution >= 0.6 is 0 Å². The summed E-state index contributed by atoms with van der Waals surface area (Å²) in [7, 11) is 0. The SMILES string of the molecule is CC1=NN(c2ccccc2)C(=O)C1(Cc1ccc(C(F)(F)F)cc1)C1(Cc2ccc(C(F)(F)F)cc2)C(=O)N(c2ccccc2)N=C1C. The number of rotatable bonds is 7. The number of benzene rings is 4. The molecule has 0 bridgehead atoms. The lowest BCUT2D eigenvalue weighted by molar-refractivity contribution is -0.138. The number of nitrogens with zero attached hydrogens (tertiary/aromatic N) is 4. The fraction of sp³-hybridized carbons (Fsp3) is 0.222. The monoisotopic (exact) mass is 662 g/mol. The summed E-state index contributed by atoms with van der Waals surface area (Å²) in [6.45, 7) is 3.15. The molecule has 0 aliphatic carbocycles. The Labute approximate surface area is 272 Å². The molecule has 2 amide bonds. The van der Waals surface area contributed by atoms with Crippen LogP contribution in [-0.4, -0.2) is 23.2 Å². The Morgan fingerprint density at radius 1 is 0.521 bits per heavy atom.